The van der Waals surface area contributed by atoms with Crippen molar-refractivity contribution in [2.45, 2.75) is 17.3 Å². The van der Waals surface area contributed by atoms with Crippen LogP contribution in [0, 0.1) is 0 Å². The molecule has 0 aliphatic heterocycles. The maximum absolute atomic E-state index is 12.7. The molecule has 1 amide bonds. The Bertz CT molecular complexity index is 1060. The molecule has 3 aromatic rings. The van der Waals surface area contributed by atoms with Gasteiger partial charge in [0.15, 0.2) is 0 Å². The standard InChI is InChI=1S/C19H14ClF2N3O2S/c20-15-6-2-1-4-12(15)10-25-11-13(7-8-16(25)26)24-17(27)14-5-3-9-23-18(14)28-19(21)22/h1-9,11,19H,10H2,(H,24,27). The number of nitrogens with zero attached hydrogens (tertiary/aromatic N) is 2. The zero-order chi connectivity index (χ0) is 20.1. The van der Waals surface area contributed by atoms with Crippen molar-refractivity contribution >= 4 is 35.0 Å². The smallest absolute Gasteiger partial charge is 0.290 e. The summed E-state index contributed by atoms with van der Waals surface area (Å²) in [6, 6.07) is 12.8. The van der Waals surface area contributed by atoms with Crippen LogP contribution in [0.5, 0.6) is 0 Å². The van der Waals surface area contributed by atoms with Crippen LogP contribution in [0.25, 0.3) is 0 Å². The van der Waals surface area contributed by atoms with Gasteiger partial charge in [-0.05, 0) is 41.6 Å². The first-order valence-electron chi connectivity index (χ1n) is 8.09. The number of hydrogen-bond acceptors (Lipinski definition) is 4. The van der Waals surface area contributed by atoms with Gasteiger partial charge in [-0.1, -0.05) is 29.8 Å². The van der Waals surface area contributed by atoms with Crippen molar-refractivity contribution < 1.29 is 13.6 Å². The number of alkyl halides is 2. The Morgan fingerprint density at radius 2 is 1.96 bits per heavy atom. The van der Waals surface area contributed by atoms with Crippen LogP contribution in [0.3, 0.4) is 0 Å². The largest absolute Gasteiger partial charge is 0.321 e. The first kappa shape index (κ1) is 20.0. The zero-order valence-electron chi connectivity index (χ0n) is 14.3. The molecule has 0 atom stereocenters. The van der Waals surface area contributed by atoms with Gasteiger partial charge in [-0.15, -0.1) is 0 Å². The molecule has 0 radical (unpaired) electrons. The van der Waals surface area contributed by atoms with E-state index < -0.39 is 11.7 Å². The molecule has 0 spiro atoms. The second-order valence-corrected chi connectivity index (χ2v) is 7.05. The van der Waals surface area contributed by atoms with E-state index >= 15 is 0 Å². The van der Waals surface area contributed by atoms with Gasteiger partial charge in [0.05, 0.1) is 17.8 Å². The van der Waals surface area contributed by atoms with Crippen LogP contribution in [0.1, 0.15) is 15.9 Å². The van der Waals surface area contributed by atoms with Gasteiger partial charge in [-0.25, -0.2) is 4.98 Å². The number of carbonyl (C=O) groups excluding carboxylic acids is 1. The predicted molar refractivity (Wildman–Crippen MR) is 105 cm³/mol. The highest BCUT2D eigenvalue weighted by Crippen LogP contribution is 2.26. The van der Waals surface area contributed by atoms with E-state index in [0.29, 0.717) is 10.7 Å². The van der Waals surface area contributed by atoms with Gasteiger partial charge in [0.1, 0.15) is 5.03 Å². The molecule has 5 nitrogen and oxygen atoms in total. The lowest BCUT2D eigenvalue weighted by atomic mass is 10.2. The van der Waals surface area contributed by atoms with Gasteiger partial charge in [0, 0.05) is 23.5 Å². The Hall–Kier alpha value is -2.71. The second kappa shape index (κ2) is 8.99. The molecule has 144 valence electrons. The monoisotopic (exact) mass is 421 g/mol. The molecule has 3 rings (SSSR count). The van der Waals surface area contributed by atoms with E-state index in [2.05, 4.69) is 10.3 Å². The number of aromatic nitrogens is 2. The molecule has 0 saturated heterocycles. The third-order valence-electron chi connectivity index (χ3n) is 3.76. The summed E-state index contributed by atoms with van der Waals surface area (Å²) < 4.78 is 26.7. The Morgan fingerprint density at radius 3 is 2.71 bits per heavy atom. The maximum atomic E-state index is 12.7. The van der Waals surface area contributed by atoms with Gasteiger partial charge >= 0.3 is 0 Å². The van der Waals surface area contributed by atoms with Crippen LogP contribution >= 0.6 is 23.4 Å². The number of amides is 1. The SMILES string of the molecule is O=C(Nc1ccc(=O)n(Cc2ccccc2Cl)c1)c1cccnc1SC(F)F. The second-order valence-electron chi connectivity index (χ2n) is 5.66. The van der Waals surface area contributed by atoms with Crippen LogP contribution in [0.2, 0.25) is 5.02 Å². The van der Waals surface area contributed by atoms with E-state index in [1.165, 1.54) is 41.2 Å². The molecule has 0 saturated carbocycles. The summed E-state index contributed by atoms with van der Waals surface area (Å²) >= 11 is 6.33. The number of benzene rings is 1. The lowest BCUT2D eigenvalue weighted by Crippen LogP contribution is -2.21. The lowest BCUT2D eigenvalue weighted by Gasteiger charge is -2.12. The minimum absolute atomic E-state index is 0.0247. The molecule has 0 bridgehead atoms. The molecule has 0 unspecified atom stereocenters. The van der Waals surface area contributed by atoms with Gasteiger partial charge in [-0.2, -0.15) is 8.78 Å². The van der Waals surface area contributed by atoms with Crippen LogP contribution < -0.4 is 10.9 Å². The van der Waals surface area contributed by atoms with Crippen LogP contribution in [0.4, 0.5) is 14.5 Å². The molecule has 0 fully saturated rings. The highest BCUT2D eigenvalue weighted by molar-refractivity contribution is 7.99. The van der Waals surface area contributed by atoms with E-state index in [-0.39, 0.29) is 34.5 Å². The zero-order valence-corrected chi connectivity index (χ0v) is 15.9. The number of nitrogens with one attached hydrogen (secondary N) is 1. The minimum atomic E-state index is -2.70. The van der Waals surface area contributed by atoms with Crippen LogP contribution in [-0.2, 0) is 6.54 Å². The summed E-state index contributed by atoms with van der Waals surface area (Å²) in [6.45, 7) is 0.224. The molecule has 1 aromatic carbocycles. The Morgan fingerprint density at radius 1 is 1.18 bits per heavy atom. The Labute approximate surface area is 168 Å². The third kappa shape index (κ3) is 4.96. The fourth-order valence-corrected chi connectivity index (χ4v) is 3.25. The average molecular weight is 422 g/mol. The fraction of sp³-hybridized carbons (Fsp3) is 0.105. The van der Waals surface area contributed by atoms with Crippen molar-refractivity contribution in [3.63, 3.8) is 0 Å². The van der Waals surface area contributed by atoms with Crippen molar-refractivity contribution in [2.24, 2.45) is 0 Å². The summed E-state index contributed by atoms with van der Waals surface area (Å²) in [5.74, 6) is -3.29. The molecule has 0 aliphatic carbocycles. The Kier molecular flexibility index (Phi) is 6.43. The minimum Gasteiger partial charge on any atom is -0.321 e. The van der Waals surface area contributed by atoms with Crippen molar-refractivity contribution in [3.8, 4) is 0 Å². The molecule has 2 heterocycles. The normalized spacial score (nSPS) is 10.9. The van der Waals surface area contributed by atoms with E-state index in [0.717, 1.165) is 5.56 Å². The van der Waals surface area contributed by atoms with Crippen molar-refractivity contribution in [1.82, 2.24) is 9.55 Å². The van der Waals surface area contributed by atoms with Crippen molar-refractivity contribution in [3.05, 3.63) is 87.4 Å². The number of thioether (sulfide) groups is 1. The molecule has 2 aromatic heterocycles. The topological polar surface area (TPSA) is 64.0 Å². The first-order valence-corrected chi connectivity index (χ1v) is 9.35. The average Bonchev–Trinajstić information content (AvgIpc) is 2.66. The molecule has 0 aliphatic rings. The van der Waals surface area contributed by atoms with Crippen molar-refractivity contribution in [2.75, 3.05) is 5.32 Å². The number of halogens is 3. The summed E-state index contributed by atoms with van der Waals surface area (Å²) in [6.07, 6.45) is 2.81. The lowest BCUT2D eigenvalue weighted by molar-refractivity contribution is 0.102. The quantitative estimate of drug-likeness (QED) is 0.595. The highest BCUT2D eigenvalue weighted by Gasteiger charge is 2.17. The summed E-state index contributed by atoms with van der Waals surface area (Å²) in [5, 5.41) is 3.06. The third-order valence-corrected chi connectivity index (χ3v) is 4.85. The molecular formula is C19H14ClF2N3O2S. The fourth-order valence-electron chi connectivity index (χ4n) is 2.48. The van der Waals surface area contributed by atoms with Gasteiger partial charge in [-0.3, -0.25) is 9.59 Å². The van der Waals surface area contributed by atoms with E-state index in [9.17, 15) is 18.4 Å². The highest BCUT2D eigenvalue weighted by atomic mass is 35.5. The van der Waals surface area contributed by atoms with E-state index in [1.807, 2.05) is 6.07 Å². The predicted octanol–water partition coefficient (Wildman–Crippen LogP) is 4.51. The molecule has 28 heavy (non-hydrogen) atoms. The molecule has 9 heteroatoms. The van der Waals surface area contributed by atoms with Gasteiger partial charge in [0.25, 0.3) is 17.2 Å². The van der Waals surface area contributed by atoms with E-state index in [4.69, 9.17) is 11.6 Å². The number of hydrogen-bond donors (Lipinski definition) is 1. The molecule has 1 N–H and O–H groups in total. The Balaban J connectivity index is 1.83. The van der Waals surface area contributed by atoms with Gasteiger partial charge in [0.2, 0.25) is 0 Å². The number of anilines is 1. The van der Waals surface area contributed by atoms with Gasteiger partial charge < -0.3 is 9.88 Å². The molecular weight excluding hydrogens is 408 g/mol. The number of rotatable bonds is 6. The number of carbonyl (C=O) groups is 1. The van der Waals surface area contributed by atoms with E-state index in [1.54, 1.807) is 18.2 Å². The maximum Gasteiger partial charge on any atom is 0.290 e. The van der Waals surface area contributed by atoms with Crippen molar-refractivity contribution in [1.29, 1.82) is 0 Å². The summed E-state index contributed by atoms with van der Waals surface area (Å²) in [5.41, 5.74) is 0.844. The van der Waals surface area contributed by atoms with Crippen LogP contribution in [0.15, 0.2) is 70.7 Å². The first-order chi connectivity index (χ1) is 13.4. The van der Waals surface area contributed by atoms with Crippen LogP contribution in [-0.4, -0.2) is 21.2 Å². The number of pyridine rings is 2. The summed E-state index contributed by atoms with van der Waals surface area (Å²) in [4.78, 5) is 28.5. The summed E-state index contributed by atoms with van der Waals surface area (Å²) in [7, 11) is 0.